The zero-order valence-electron chi connectivity index (χ0n) is 11.8. The summed E-state index contributed by atoms with van der Waals surface area (Å²) in [6.07, 6.45) is 4.45. The van der Waals surface area contributed by atoms with E-state index in [9.17, 15) is 0 Å². The van der Waals surface area contributed by atoms with Crippen LogP contribution in [0.2, 0.25) is 0 Å². The van der Waals surface area contributed by atoms with Crippen molar-refractivity contribution < 1.29 is 18.6 Å². The summed E-state index contributed by atoms with van der Waals surface area (Å²) < 4.78 is 15.4. The Morgan fingerprint density at radius 3 is 1.35 bits per heavy atom. The highest BCUT2D eigenvalue weighted by Crippen LogP contribution is 2.02. The van der Waals surface area contributed by atoms with E-state index in [1.807, 2.05) is 0 Å². The number of benzene rings is 1. The average Bonchev–Trinajstić information content (AvgIpc) is 2.51. The minimum Gasteiger partial charge on any atom is -0.368 e. The van der Waals surface area contributed by atoms with E-state index in [2.05, 4.69) is 45.8 Å². The van der Waals surface area contributed by atoms with E-state index in [1.165, 1.54) is 11.1 Å². The van der Waals surface area contributed by atoms with Gasteiger partial charge in [-0.05, 0) is 24.3 Å². The zero-order chi connectivity index (χ0) is 13.6. The first-order valence-electron chi connectivity index (χ1n) is 7.33. The Balaban J connectivity index is 1.67. The van der Waals surface area contributed by atoms with Crippen molar-refractivity contribution in [2.75, 3.05) is 52.6 Å². The molecule has 0 radical (unpaired) electrons. The Labute approximate surface area is 120 Å². The van der Waals surface area contributed by atoms with Gasteiger partial charge in [-0.2, -0.15) is 0 Å². The molecule has 0 amide bonds. The predicted octanol–water partition coefficient (Wildman–Crippen LogP) is 0.610. The Bertz CT molecular complexity index is 443. The zero-order valence-corrected chi connectivity index (χ0v) is 11.8. The lowest BCUT2D eigenvalue weighted by molar-refractivity contribution is -0.544. The fourth-order valence-corrected chi connectivity index (χ4v) is 2.50. The molecule has 0 spiro atoms. The van der Waals surface area contributed by atoms with Gasteiger partial charge in [-0.25, -0.2) is 9.15 Å². The Morgan fingerprint density at radius 1 is 0.650 bits per heavy atom. The number of morpholine rings is 2. The van der Waals surface area contributed by atoms with Crippen molar-refractivity contribution in [3.8, 4) is 0 Å². The van der Waals surface area contributed by atoms with Crippen LogP contribution in [0, 0.1) is 0 Å². The third kappa shape index (κ3) is 3.74. The lowest BCUT2D eigenvalue weighted by Crippen LogP contribution is -2.29. The van der Waals surface area contributed by atoms with Crippen molar-refractivity contribution in [1.82, 2.24) is 0 Å². The molecule has 2 aliphatic heterocycles. The van der Waals surface area contributed by atoms with Gasteiger partial charge >= 0.3 is 0 Å². The van der Waals surface area contributed by atoms with E-state index in [4.69, 9.17) is 9.47 Å². The molecule has 4 nitrogen and oxygen atoms in total. The summed E-state index contributed by atoms with van der Waals surface area (Å²) >= 11 is 0. The standard InChI is InChI=1S/C16H22N2O2/c1-2-16(14-18-7-11-20-12-8-18)4-3-15(1)13-17-5-9-19-10-6-17/h1-4,13-14H,5-12H2/q+2. The van der Waals surface area contributed by atoms with Gasteiger partial charge in [0, 0.05) is 11.1 Å². The van der Waals surface area contributed by atoms with Crippen LogP contribution in [0.5, 0.6) is 0 Å². The van der Waals surface area contributed by atoms with Crippen LogP contribution in [-0.2, 0) is 9.47 Å². The average molecular weight is 274 g/mol. The van der Waals surface area contributed by atoms with Gasteiger partial charge in [-0.1, -0.05) is 0 Å². The number of nitrogens with zero attached hydrogens (tertiary/aromatic N) is 2. The second kappa shape index (κ2) is 6.77. The Morgan fingerprint density at radius 2 is 1.00 bits per heavy atom. The molecular weight excluding hydrogens is 252 g/mol. The van der Waals surface area contributed by atoms with Gasteiger partial charge in [0.2, 0.25) is 0 Å². The van der Waals surface area contributed by atoms with E-state index < -0.39 is 0 Å². The van der Waals surface area contributed by atoms with Gasteiger partial charge in [-0.15, -0.1) is 0 Å². The molecule has 0 bridgehead atoms. The molecule has 0 saturated carbocycles. The first kappa shape index (κ1) is 13.5. The molecule has 1 aromatic rings. The van der Waals surface area contributed by atoms with Crippen molar-refractivity contribution in [1.29, 1.82) is 0 Å². The summed E-state index contributed by atoms with van der Waals surface area (Å²) in [5.74, 6) is 0. The minimum atomic E-state index is 0.833. The molecule has 2 aliphatic rings. The topological polar surface area (TPSA) is 24.5 Å². The van der Waals surface area contributed by atoms with Crippen molar-refractivity contribution in [2.24, 2.45) is 0 Å². The molecule has 2 saturated heterocycles. The molecule has 0 aromatic heterocycles. The van der Waals surface area contributed by atoms with E-state index in [0.717, 1.165) is 52.6 Å². The second-order valence-corrected chi connectivity index (χ2v) is 5.22. The van der Waals surface area contributed by atoms with E-state index in [1.54, 1.807) is 0 Å². The van der Waals surface area contributed by atoms with Crippen molar-refractivity contribution >= 4 is 12.4 Å². The summed E-state index contributed by atoms with van der Waals surface area (Å²) in [5.41, 5.74) is 2.51. The summed E-state index contributed by atoms with van der Waals surface area (Å²) in [6, 6.07) is 8.73. The molecule has 0 unspecified atom stereocenters. The molecule has 2 heterocycles. The summed E-state index contributed by atoms with van der Waals surface area (Å²) in [7, 11) is 0. The fraction of sp³-hybridized carbons (Fsp3) is 0.500. The third-order valence-electron chi connectivity index (χ3n) is 3.69. The van der Waals surface area contributed by atoms with E-state index in [-0.39, 0.29) is 0 Å². The highest BCUT2D eigenvalue weighted by atomic mass is 16.5. The summed E-state index contributed by atoms with van der Waals surface area (Å²) in [4.78, 5) is 0. The van der Waals surface area contributed by atoms with Gasteiger partial charge < -0.3 is 9.47 Å². The molecule has 1 aromatic carbocycles. The quantitative estimate of drug-likeness (QED) is 0.738. The predicted molar refractivity (Wildman–Crippen MR) is 78.4 cm³/mol. The van der Waals surface area contributed by atoms with Gasteiger partial charge in [-0.3, -0.25) is 0 Å². The summed E-state index contributed by atoms with van der Waals surface area (Å²) in [6.45, 7) is 7.28. The molecule has 0 aliphatic carbocycles. The highest BCUT2D eigenvalue weighted by Gasteiger charge is 2.12. The highest BCUT2D eigenvalue weighted by molar-refractivity contribution is 5.80. The Kier molecular flexibility index (Phi) is 4.56. The van der Waals surface area contributed by atoms with Gasteiger partial charge in [0.05, 0.1) is 0 Å². The largest absolute Gasteiger partial charge is 0.368 e. The van der Waals surface area contributed by atoms with Gasteiger partial charge in [0.25, 0.3) is 0 Å². The molecule has 0 atom stereocenters. The normalized spacial score (nSPS) is 19.8. The monoisotopic (exact) mass is 274 g/mol. The number of hydrogen-bond acceptors (Lipinski definition) is 2. The smallest absolute Gasteiger partial charge is 0.170 e. The number of hydrogen-bond donors (Lipinski definition) is 0. The van der Waals surface area contributed by atoms with Gasteiger partial charge in [0.1, 0.15) is 26.4 Å². The van der Waals surface area contributed by atoms with Crippen LogP contribution < -0.4 is 0 Å². The first-order chi connectivity index (χ1) is 9.90. The lowest BCUT2D eigenvalue weighted by Gasteiger charge is -2.11. The second-order valence-electron chi connectivity index (χ2n) is 5.22. The third-order valence-corrected chi connectivity index (χ3v) is 3.69. The molecule has 106 valence electrons. The van der Waals surface area contributed by atoms with Crippen LogP contribution >= 0.6 is 0 Å². The number of ether oxygens (including phenoxy) is 2. The van der Waals surface area contributed by atoms with Crippen LogP contribution in [0.15, 0.2) is 24.3 Å². The van der Waals surface area contributed by atoms with Crippen LogP contribution in [0.3, 0.4) is 0 Å². The maximum absolute atomic E-state index is 5.36. The van der Waals surface area contributed by atoms with Crippen molar-refractivity contribution in [3.63, 3.8) is 0 Å². The van der Waals surface area contributed by atoms with Crippen LogP contribution in [0.1, 0.15) is 11.1 Å². The van der Waals surface area contributed by atoms with Crippen molar-refractivity contribution in [3.05, 3.63) is 35.4 Å². The molecular formula is C16H22N2O2+2. The van der Waals surface area contributed by atoms with Crippen LogP contribution in [-0.4, -0.2) is 74.2 Å². The molecule has 20 heavy (non-hydrogen) atoms. The number of rotatable bonds is 2. The summed E-state index contributed by atoms with van der Waals surface area (Å²) in [5, 5.41) is 0. The maximum atomic E-state index is 5.36. The SMILES string of the molecule is C(c1ccc(C=[N+]2CCOCC2)cc1)=[N+]1CCOCC1. The molecule has 3 rings (SSSR count). The van der Waals surface area contributed by atoms with E-state index >= 15 is 0 Å². The van der Waals surface area contributed by atoms with Crippen LogP contribution in [0.4, 0.5) is 0 Å². The van der Waals surface area contributed by atoms with Gasteiger partial charge in [0.15, 0.2) is 38.6 Å². The molecule has 2 fully saturated rings. The molecule has 4 heteroatoms. The van der Waals surface area contributed by atoms with Crippen molar-refractivity contribution in [2.45, 2.75) is 0 Å². The Hall–Kier alpha value is -1.52. The minimum absolute atomic E-state index is 0.833. The fourth-order valence-electron chi connectivity index (χ4n) is 2.50. The maximum Gasteiger partial charge on any atom is 0.170 e. The lowest BCUT2D eigenvalue weighted by atomic mass is 10.1. The van der Waals surface area contributed by atoms with Crippen LogP contribution in [0.25, 0.3) is 0 Å². The first-order valence-corrected chi connectivity index (χ1v) is 7.33. The van der Waals surface area contributed by atoms with E-state index in [0.29, 0.717) is 0 Å². The molecule has 0 N–H and O–H groups in total.